The Morgan fingerprint density at radius 3 is 2.76 bits per heavy atom. The van der Waals surface area contributed by atoms with Gasteiger partial charge >= 0.3 is 0 Å². The molecule has 0 aliphatic heterocycles. The Morgan fingerprint density at radius 2 is 2.10 bits per heavy atom. The largest absolute Gasteiger partial charge is 0.268 e. The van der Waals surface area contributed by atoms with Crippen LogP contribution in [0, 0.1) is 5.92 Å². The molecule has 2 nitrogen and oxygen atoms in total. The quantitative estimate of drug-likeness (QED) is 0.698. The molecule has 3 rings (SSSR count). The molecule has 0 bridgehead atoms. The van der Waals surface area contributed by atoms with Crippen LogP contribution < -0.4 is 0 Å². The summed E-state index contributed by atoms with van der Waals surface area (Å²) in [7, 11) is 0. The molecule has 21 heavy (non-hydrogen) atoms. The highest BCUT2D eigenvalue weighted by Gasteiger charge is 2.32. The summed E-state index contributed by atoms with van der Waals surface area (Å²) in [6.45, 7) is 5.11. The maximum absolute atomic E-state index is 6.55. The van der Waals surface area contributed by atoms with Gasteiger partial charge in [-0.2, -0.15) is 5.10 Å². The third kappa shape index (κ3) is 2.66. The number of rotatable bonds is 4. The lowest BCUT2D eigenvalue weighted by molar-refractivity contribution is 0.512. The maximum Gasteiger partial charge on any atom is 0.0849 e. The van der Waals surface area contributed by atoms with Crippen LogP contribution >= 0.6 is 27.5 Å². The predicted molar refractivity (Wildman–Crippen MR) is 91.3 cm³/mol. The minimum atomic E-state index is 0.412. The number of alkyl halides is 1. The maximum atomic E-state index is 6.55. The highest BCUT2D eigenvalue weighted by Crippen LogP contribution is 2.44. The Hall–Kier alpha value is -0.800. The predicted octanol–water partition coefficient (Wildman–Crippen LogP) is 4.97. The number of halogens is 2. The highest BCUT2D eigenvalue weighted by molar-refractivity contribution is 9.09. The normalized spacial score (nSPS) is 20.8. The third-order valence-corrected chi connectivity index (χ3v) is 6.08. The summed E-state index contributed by atoms with van der Waals surface area (Å²) in [6, 6.07) is 8.71. The van der Waals surface area contributed by atoms with Crippen molar-refractivity contribution >= 4 is 27.5 Å². The Labute approximate surface area is 139 Å². The molecule has 1 aromatic heterocycles. The molecule has 0 N–H and O–H groups in total. The fourth-order valence-electron chi connectivity index (χ4n) is 3.27. The van der Waals surface area contributed by atoms with Crippen LogP contribution in [-0.2, 0) is 25.8 Å². The van der Waals surface area contributed by atoms with Crippen molar-refractivity contribution < 1.29 is 0 Å². The number of hydrogen-bond donors (Lipinski definition) is 0. The Bertz CT molecular complexity index is 650. The van der Waals surface area contributed by atoms with Crippen LogP contribution in [0.1, 0.15) is 41.2 Å². The summed E-state index contributed by atoms with van der Waals surface area (Å²) in [6.07, 6.45) is 2.98. The van der Waals surface area contributed by atoms with Gasteiger partial charge in [-0.1, -0.05) is 58.7 Å². The van der Waals surface area contributed by atoms with Crippen molar-refractivity contribution in [2.75, 3.05) is 0 Å². The van der Waals surface area contributed by atoms with Crippen molar-refractivity contribution in [1.29, 1.82) is 0 Å². The highest BCUT2D eigenvalue weighted by atomic mass is 79.9. The monoisotopic (exact) mass is 366 g/mol. The lowest BCUT2D eigenvalue weighted by atomic mass is 9.99. The van der Waals surface area contributed by atoms with Crippen LogP contribution in [0.2, 0.25) is 5.02 Å². The SMILES string of the molecule is CCc1nn(CC)c(CC2Cc3ccccc3C2Br)c1Cl. The van der Waals surface area contributed by atoms with Crippen LogP contribution in [0.5, 0.6) is 0 Å². The van der Waals surface area contributed by atoms with E-state index in [-0.39, 0.29) is 0 Å². The molecule has 1 aromatic carbocycles. The second-order valence-corrected chi connectivity index (χ2v) is 7.01. The van der Waals surface area contributed by atoms with Gasteiger partial charge in [-0.05, 0) is 43.2 Å². The Kier molecular flexibility index (Phi) is 4.41. The minimum Gasteiger partial charge on any atom is -0.268 e. The van der Waals surface area contributed by atoms with Gasteiger partial charge in [-0.15, -0.1) is 0 Å². The zero-order valence-electron chi connectivity index (χ0n) is 12.4. The smallest absolute Gasteiger partial charge is 0.0849 e. The molecule has 0 fully saturated rings. The number of fused-ring (bicyclic) bond motifs is 1. The topological polar surface area (TPSA) is 17.8 Å². The molecule has 0 saturated heterocycles. The van der Waals surface area contributed by atoms with Crippen molar-refractivity contribution in [3.8, 4) is 0 Å². The fraction of sp³-hybridized carbons (Fsp3) is 0.471. The molecule has 0 saturated carbocycles. The van der Waals surface area contributed by atoms with Gasteiger partial charge in [0.2, 0.25) is 0 Å². The van der Waals surface area contributed by atoms with Gasteiger partial charge in [0, 0.05) is 11.4 Å². The van der Waals surface area contributed by atoms with Gasteiger partial charge in [-0.25, -0.2) is 0 Å². The van der Waals surface area contributed by atoms with Gasteiger partial charge in [-0.3, -0.25) is 4.68 Å². The summed E-state index contributed by atoms with van der Waals surface area (Å²) < 4.78 is 2.07. The standard InChI is InChI=1S/C17H20BrClN2/c1-3-14-17(19)15(21(4-2)20-14)10-12-9-11-7-5-6-8-13(11)16(12)18/h5-8,12,16H,3-4,9-10H2,1-2H3. The van der Waals surface area contributed by atoms with Crippen LogP contribution in [-0.4, -0.2) is 9.78 Å². The first-order chi connectivity index (χ1) is 10.2. The van der Waals surface area contributed by atoms with Gasteiger partial charge in [0.25, 0.3) is 0 Å². The molecule has 0 radical (unpaired) electrons. The Balaban J connectivity index is 1.87. The molecule has 112 valence electrons. The molecule has 2 atom stereocenters. The molecular weight excluding hydrogens is 348 g/mol. The van der Waals surface area contributed by atoms with E-state index in [9.17, 15) is 0 Å². The molecule has 1 aliphatic rings. The second kappa shape index (κ2) is 6.13. The van der Waals surface area contributed by atoms with E-state index in [0.717, 1.165) is 36.5 Å². The van der Waals surface area contributed by atoms with Crippen molar-refractivity contribution in [3.63, 3.8) is 0 Å². The number of aryl methyl sites for hydroxylation is 2. The first-order valence-corrected chi connectivity index (χ1v) is 8.91. The second-order valence-electron chi connectivity index (χ2n) is 5.65. The van der Waals surface area contributed by atoms with Crippen LogP contribution in [0.15, 0.2) is 24.3 Å². The van der Waals surface area contributed by atoms with E-state index in [1.807, 2.05) is 0 Å². The molecule has 1 heterocycles. The summed E-state index contributed by atoms with van der Waals surface area (Å²) >= 11 is 10.4. The molecule has 4 heteroatoms. The summed E-state index contributed by atoms with van der Waals surface area (Å²) in [5.41, 5.74) is 5.10. The average Bonchev–Trinajstić information content (AvgIpc) is 2.99. The van der Waals surface area contributed by atoms with Crippen LogP contribution in [0.3, 0.4) is 0 Å². The number of benzene rings is 1. The number of hydrogen-bond acceptors (Lipinski definition) is 1. The van der Waals surface area contributed by atoms with Crippen molar-refractivity contribution in [2.45, 2.75) is 44.5 Å². The van der Waals surface area contributed by atoms with Crippen molar-refractivity contribution in [1.82, 2.24) is 9.78 Å². The lowest BCUT2D eigenvalue weighted by Gasteiger charge is -2.15. The average molecular weight is 368 g/mol. The van der Waals surface area contributed by atoms with Gasteiger partial charge in [0.05, 0.1) is 16.4 Å². The zero-order valence-corrected chi connectivity index (χ0v) is 14.8. The molecular formula is C17H20BrClN2. The minimum absolute atomic E-state index is 0.412. The van der Waals surface area contributed by atoms with Gasteiger partial charge in [0.15, 0.2) is 0 Å². The van der Waals surface area contributed by atoms with E-state index in [0.29, 0.717) is 10.7 Å². The molecule has 2 unspecified atom stereocenters. The van der Waals surface area contributed by atoms with Crippen LogP contribution in [0.4, 0.5) is 0 Å². The van der Waals surface area contributed by atoms with E-state index in [2.05, 4.69) is 63.8 Å². The summed E-state index contributed by atoms with van der Waals surface area (Å²) in [5.74, 6) is 0.548. The number of aromatic nitrogens is 2. The first-order valence-electron chi connectivity index (χ1n) is 7.61. The fourth-order valence-corrected chi connectivity index (χ4v) is 4.43. The summed E-state index contributed by atoms with van der Waals surface area (Å²) in [4.78, 5) is 0.412. The van der Waals surface area contributed by atoms with Crippen molar-refractivity contribution in [2.24, 2.45) is 5.92 Å². The van der Waals surface area contributed by atoms with Crippen LogP contribution in [0.25, 0.3) is 0 Å². The molecule has 0 spiro atoms. The van der Waals surface area contributed by atoms with E-state index in [4.69, 9.17) is 11.6 Å². The molecule has 0 amide bonds. The molecule has 2 aromatic rings. The van der Waals surface area contributed by atoms with Gasteiger partial charge < -0.3 is 0 Å². The Morgan fingerprint density at radius 1 is 1.33 bits per heavy atom. The third-order valence-electron chi connectivity index (χ3n) is 4.40. The lowest BCUT2D eigenvalue weighted by Crippen LogP contribution is -2.11. The van der Waals surface area contributed by atoms with Gasteiger partial charge in [0.1, 0.15) is 0 Å². The zero-order chi connectivity index (χ0) is 15.0. The van der Waals surface area contributed by atoms with E-state index in [1.54, 1.807) is 0 Å². The first kappa shape index (κ1) is 15.1. The van der Waals surface area contributed by atoms with E-state index >= 15 is 0 Å². The number of nitrogens with zero attached hydrogens (tertiary/aromatic N) is 2. The molecule has 1 aliphatic carbocycles. The van der Waals surface area contributed by atoms with Crippen molar-refractivity contribution in [3.05, 3.63) is 51.8 Å². The van der Waals surface area contributed by atoms with E-state index < -0.39 is 0 Å². The van der Waals surface area contributed by atoms with E-state index in [1.165, 1.54) is 16.8 Å². The summed E-state index contributed by atoms with van der Waals surface area (Å²) in [5, 5.41) is 5.50.